The Bertz CT molecular complexity index is 1040. The van der Waals surface area contributed by atoms with Crippen molar-refractivity contribution >= 4 is 34.0 Å². The Labute approximate surface area is 153 Å². The summed E-state index contributed by atoms with van der Waals surface area (Å²) in [6.07, 6.45) is -0.958. The second-order valence-electron chi connectivity index (χ2n) is 7.51. The minimum atomic E-state index is -1.08. The van der Waals surface area contributed by atoms with Gasteiger partial charge >= 0.3 is 0 Å². The van der Waals surface area contributed by atoms with Crippen molar-refractivity contribution in [3.63, 3.8) is 0 Å². The summed E-state index contributed by atoms with van der Waals surface area (Å²) < 4.78 is 5.79. The van der Waals surface area contributed by atoms with Gasteiger partial charge in [-0.25, -0.2) is 4.90 Å². The molecule has 8 heteroatoms. The highest BCUT2D eigenvalue weighted by Crippen LogP contribution is 2.56. The molecule has 3 heterocycles. The Morgan fingerprint density at radius 3 is 2.59 bits per heavy atom. The minimum Gasteiger partial charge on any atom is -0.390 e. The van der Waals surface area contributed by atoms with Crippen molar-refractivity contribution in [2.24, 2.45) is 11.8 Å². The Kier molecular flexibility index (Phi) is 3.10. The van der Waals surface area contributed by atoms with Crippen molar-refractivity contribution in [3.8, 4) is 0 Å². The molecule has 0 aromatic heterocycles. The van der Waals surface area contributed by atoms with E-state index in [1.165, 1.54) is 12.1 Å². The lowest BCUT2D eigenvalue weighted by Gasteiger charge is -2.30. The molecule has 2 aromatic rings. The highest BCUT2D eigenvalue weighted by molar-refractivity contribution is 6.26. The van der Waals surface area contributed by atoms with Crippen molar-refractivity contribution in [3.05, 3.63) is 46.5 Å². The molecule has 2 aromatic carbocycles. The van der Waals surface area contributed by atoms with Gasteiger partial charge in [-0.2, -0.15) is 0 Å². The molecule has 3 saturated heterocycles. The van der Waals surface area contributed by atoms with Gasteiger partial charge in [-0.05, 0) is 19.1 Å². The summed E-state index contributed by atoms with van der Waals surface area (Å²) in [5.41, 5.74) is -0.828. The van der Waals surface area contributed by atoms with Crippen LogP contribution in [0, 0.1) is 22.0 Å². The van der Waals surface area contributed by atoms with E-state index in [4.69, 9.17) is 4.74 Å². The van der Waals surface area contributed by atoms with Gasteiger partial charge in [-0.15, -0.1) is 0 Å². The van der Waals surface area contributed by atoms with E-state index in [-0.39, 0.29) is 11.6 Å². The number of nitro benzene ring substituents is 1. The van der Waals surface area contributed by atoms with E-state index in [1.54, 1.807) is 31.2 Å². The van der Waals surface area contributed by atoms with Crippen LogP contribution in [0.4, 0.5) is 11.4 Å². The molecule has 27 heavy (non-hydrogen) atoms. The number of aliphatic hydroxyl groups is 1. The number of benzene rings is 2. The number of fused-ring (bicyclic) bond motifs is 6. The zero-order chi connectivity index (χ0) is 19.1. The number of aliphatic hydroxyl groups excluding tert-OH is 1. The lowest BCUT2D eigenvalue weighted by atomic mass is 9.72. The van der Waals surface area contributed by atoms with Crippen molar-refractivity contribution in [2.45, 2.75) is 31.2 Å². The molecule has 138 valence electrons. The first-order chi connectivity index (χ1) is 12.8. The summed E-state index contributed by atoms with van der Waals surface area (Å²) in [4.78, 5) is 38.2. The first-order valence-corrected chi connectivity index (χ1v) is 8.74. The average molecular weight is 368 g/mol. The molecule has 8 nitrogen and oxygen atoms in total. The van der Waals surface area contributed by atoms with Crippen LogP contribution in [0.15, 0.2) is 36.4 Å². The summed E-state index contributed by atoms with van der Waals surface area (Å²) in [5, 5.41) is 22.4. The third-order valence-corrected chi connectivity index (χ3v) is 6.21. The Morgan fingerprint density at radius 2 is 1.89 bits per heavy atom. The molecule has 2 bridgehead atoms. The van der Waals surface area contributed by atoms with Gasteiger partial charge in [-0.3, -0.25) is 19.7 Å². The first-order valence-electron chi connectivity index (χ1n) is 8.74. The van der Waals surface area contributed by atoms with Crippen LogP contribution in [0.5, 0.6) is 0 Å². The van der Waals surface area contributed by atoms with Crippen LogP contribution in [-0.4, -0.2) is 39.7 Å². The number of ether oxygens (including phenoxy) is 1. The van der Waals surface area contributed by atoms with Crippen molar-refractivity contribution < 1.29 is 24.4 Å². The third kappa shape index (κ3) is 1.89. The molecule has 3 aliphatic heterocycles. The van der Waals surface area contributed by atoms with Crippen LogP contribution in [0.3, 0.4) is 0 Å². The molecular weight excluding hydrogens is 352 g/mol. The molecule has 0 saturated carbocycles. The highest BCUT2D eigenvalue weighted by Gasteiger charge is 2.71. The van der Waals surface area contributed by atoms with Crippen molar-refractivity contribution in [1.29, 1.82) is 0 Å². The zero-order valence-electron chi connectivity index (χ0n) is 14.4. The number of nitro groups is 1. The first kappa shape index (κ1) is 16.3. The second-order valence-corrected chi connectivity index (χ2v) is 7.51. The van der Waals surface area contributed by atoms with E-state index >= 15 is 0 Å². The fourth-order valence-corrected chi connectivity index (χ4v) is 4.93. The number of rotatable bonds is 2. The van der Waals surface area contributed by atoms with Gasteiger partial charge in [0.25, 0.3) is 5.69 Å². The molecule has 5 atom stereocenters. The lowest BCUT2D eigenvalue weighted by Crippen LogP contribution is -2.48. The number of carbonyl (C=O) groups is 2. The fourth-order valence-electron chi connectivity index (χ4n) is 4.93. The highest BCUT2D eigenvalue weighted by atomic mass is 16.6. The van der Waals surface area contributed by atoms with Crippen LogP contribution in [0.1, 0.15) is 13.3 Å². The van der Waals surface area contributed by atoms with Gasteiger partial charge in [-0.1, -0.05) is 18.2 Å². The molecular formula is C19H16N2O6. The summed E-state index contributed by atoms with van der Waals surface area (Å²) in [7, 11) is 0. The molecule has 5 rings (SSSR count). The predicted molar refractivity (Wildman–Crippen MR) is 94.0 cm³/mol. The van der Waals surface area contributed by atoms with Gasteiger partial charge in [0.2, 0.25) is 11.8 Å². The van der Waals surface area contributed by atoms with Gasteiger partial charge < -0.3 is 9.84 Å². The second kappa shape index (κ2) is 5.11. The molecule has 0 spiro atoms. The number of carbonyl (C=O) groups excluding carboxylic acids is 2. The smallest absolute Gasteiger partial charge is 0.277 e. The minimum absolute atomic E-state index is 0.0839. The third-order valence-electron chi connectivity index (χ3n) is 6.21. The molecule has 0 aliphatic carbocycles. The van der Waals surface area contributed by atoms with Crippen molar-refractivity contribution in [2.75, 3.05) is 4.90 Å². The zero-order valence-corrected chi connectivity index (χ0v) is 14.4. The number of non-ortho nitro benzene ring substituents is 1. The number of imide groups is 1. The predicted octanol–water partition coefficient (Wildman–Crippen LogP) is 1.78. The van der Waals surface area contributed by atoms with Gasteiger partial charge in [0, 0.05) is 17.9 Å². The van der Waals surface area contributed by atoms with Gasteiger partial charge in [0.05, 0.1) is 40.0 Å². The lowest BCUT2D eigenvalue weighted by molar-refractivity contribution is -0.383. The van der Waals surface area contributed by atoms with Gasteiger partial charge in [0.15, 0.2) is 0 Å². The Balaban J connectivity index is 1.67. The van der Waals surface area contributed by atoms with Gasteiger partial charge in [0.1, 0.15) is 5.60 Å². The maximum absolute atomic E-state index is 13.2. The number of hydrogen-bond donors (Lipinski definition) is 1. The largest absolute Gasteiger partial charge is 0.390 e. The maximum Gasteiger partial charge on any atom is 0.277 e. The summed E-state index contributed by atoms with van der Waals surface area (Å²) in [6, 6.07) is 9.40. The monoisotopic (exact) mass is 368 g/mol. The number of amides is 2. The maximum atomic E-state index is 13.2. The normalized spacial score (nSPS) is 34.5. The average Bonchev–Trinajstić information content (AvgIpc) is 3.20. The quantitative estimate of drug-likeness (QED) is 0.491. The topological polar surface area (TPSA) is 110 Å². The summed E-state index contributed by atoms with van der Waals surface area (Å²) in [6.45, 7) is 1.67. The van der Waals surface area contributed by atoms with E-state index in [1.807, 2.05) is 0 Å². The van der Waals surface area contributed by atoms with E-state index in [9.17, 15) is 24.8 Å². The summed E-state index contributed by atoms with van der Waals surface area (Å²) >= 11 is 0. The SMILES string of the molecule is CC12OC(CC1O)C1C(=O)N(c3ccc([N+](=O)[O-])c4ccccc34)C(=O)C12. The molecule has 2 amide bonds. The van der Waals surface area contributed by atoms with E-state index in [0.29, 0.717) is 22.9 Å². The number of nitrogens with zero attached hydrogens (tertiary/aromatic N) is 2. The summed E-state index contributed by atoms with van der Waals surface area (Å²) in [5.74, 6) is -2.16. The van der Waals surface area contributed by atoms with Crippen LogP contribution in [0.25, 0.3) is 10.8 Å². The molecule has 3 aliphatic rings. The van der Waals surface area contributed by atoms with Crippen LogP contribution >= 0.6 is 0 Å². The van der Waals surface area contributed by atoms with Crippen LogP contribution in [-0.2, 0) is 14.3 Å². The van der Waals surface area contributed by atoms with E-state index in [2.05, 4.69) is 0 Å². The standard InChI is InChI=1S/C19H16N2O6/c1-19-14(22)8-13(27-19)15-16(19)18(24)20(17(15)23)11-6-7-12(21(25)26)10-5-3-2-4-9(10)11/h2-7,13-16,22H,8H2,1H3. The Hall–Kier alpha value is -2.84. The van der Waals surface area contributed by atoms with Crippen LogP contribution in [0.2, 0.25) is 0 Å². The van der Waals surface area contributed by atoms with E-state index < -0.39 is 40.5 Å². The number of anilines is 1. The fraction of sp³-hybridized carbons (Fsp3) is 0.368. The Morgan fingerprint density at radius 1 is 1.19 bits per heavy atom. The molecule has 1 N–H and O–H groups in total. The van der Waals surface area contributed by atoms with Crippen molar-refractivity contribution in [1.82, 2.24) is 0 Å². The number of hydrogen-bond acceptors (Lipinski definition) is 6. The molecule has 5 unspecified atom stereocenters. The molecule has 0 radical (unpaired) electrons. The van der Waals surface area contributed by atoms with Crippen LogP contribution < -0.4 is 4.90 Å². The van der Waals surface area contributed by atoms with E-state index in [0.717, 1.165) is 4.90 Å². The molecule has 3 fully saturated rings.